The summed E-state index contributed by atoms with van der Waals surface area (Å²) >= 11 is 14.8. The molecule has 11 rings (SSSR count). The van der Waals surface area contributed by atoms with Crippen LogP contribution in [0, 0.1) is 6.92 Å². The van der Waals surface area contributed by atoms with Crippen molar-refractivity contribution in [3.63, 3.8) is 0 Å². The largest absolute Gasteiger partial charge is 0.308 e. The van der Waals surface area contributed by atoms with E-state index in [2.05, 4.69) is 242 Å². The van der Waals surface area contributed by atoms with Gasteiger partial charge in [0, 0.05) is 33.3 Å². The Morgan fingerprint density at radius 3 is 0.968 bits per heavy atom. The number of hydrogen-bond acceptors (Lipinski definition) is 3. The fourth-order valence-electron chi connectivity index (χ4n) is 9.30. The number of rotatable bonds is 8. The molecule has 9 aromatic carbocycles. The highest BCUT2D eigenvalue weighted by atomic mass is 32.4. The first kappa shape index (κ1) is 39.8. The standard InChI is InChI=1S/C55H41NP4S2/c1-40-36-53-55-54(37-40)60(62,48-30-18-7-19-31-48)52-39-46(58(43-24-12-4-13-25-43)44-26-14-5-15-27-44)33-35-50(52)56(55)49-34-32-45(38-51(49)59(53,61)47-28-16-6-17-29-47)57(41-20-8-2-9-21-41)42-22-10-3-11-23-42/h2-39H,1H3. The van der Waals surface area contributed by atoms with Crippen molar-refractivity contribution < 1.29 is 0 Å². The van der Waals surface area contributed by atoms with Gasteiger partial charge in [0.15, 0.2) is 0 Å². The Balaban J connectivity index is 1.22. The smallest absolute Gasteiger partial charge is 0.0643 e. The lowest BCUT2D eigenvalue weighted by Crippen LogP contribution is -2.47. The lowest BCUT2D eigenvalue weighted by atomic mass is 10.1. The van der Waals surface area contributed by atoms with E-state index in [1.165, 1.54) is 74.9 Å². The Hall–Kier alpha value is -5.06. The molecule has 0 aromatic heterocycles. The van der Waals surface area contributed by atoms with Crippen molar-refractivity contribution in [1.29, 1.82) is 0 Å². The van der Waals surface area contributed by atoms with E-state index in [1.807, 2.05) is 0 Å². The van der Waals surface area contributed by atoms with Crippen LogP contribution < -0.4 is 68.6 Å². The van der Waals surface area contributed by atoms with Crippen LogP contribution in [0.3, 0.4) is 0 Å². The van der Waals surface area contributed by atoms with Crippen molar-refractivity contribution in [2.45, 2.75) is 6.92 Å². The molecule has 2 heterocycles. The fourth-order valence-corrected chi connectivity index (χ4v) is 22.9. The minimum Gasteiger partial charge on any atom is -0.308 e. The van der Waals surface area contributed by atoms with Crippen molar-refractivity contribution in [3.8, 4) is 0 Å². The summed E-state index contributed by atoms with van der Waals surface area (Å²) < 4.78 is 0. The molecule has 2 unspecified atom stereocenters. The number of nitrogens with zero attached hydrogens (tertiary/aromatic N) is 1. The summed E-state index contributed by atoms with van der Waals surface area (Å²) in [4.78, 5) is 2.56. The van der Waals surface area contributed by atoms with Gasteiger partial charge in [-0.15, -0.1) is 0 Å². The number of fused-ring (bicyclic) bond motifs is 4. The molecule has 0 aliphatic carbocycles. The van der Waals surface area contributed by atoms with Gasteiger partial charge in [-0.2, -0.15) is 0 Å². The van der Waals surface area contributed by atoms with E-state index < -0.39 is 27.9 Å². The number of hydrogen-bond donors (Lipinski definition) is 0. The molecule has 0 saturated carbocycles. The van der Waals surface area contributed by atoms with Crippen LogP contribution in [0.5, 0.6) is 0 Å². The zero-order valence-corrected chi connectivity index (χ0v) is 39.2. The summed E-state index contributed by atoms with van der Waals surface area (Å²) in [6, 6.07) is 80.0. The van der Waals surface area contributed by atoms with Crippen molar-refractivity contribution in [1.82, 2.24) is 0 Å². The summed E-state index contributed by atoms with van der Waals surface area (Å²) in [6.45, 7) is 2.24. The van der Waals surface area contributed by atoms with E-state index in [-0.39, 0.29) is 0 Å². The second kappa shape index (κ2) is 16.2. The highest BCUT2D eigenvalue weighted by Crippen LogP contribution is 2.61. The topological polar surface area (TPSA) is 3.24 Å². The third-order valence-electron chi connectivity index (χ3n) is 12.0. The van der Waals surface area contributed by atoms with Gasteiger partial charge in [-0.1, -0.05) is 218 Å². The summed E-state index contributed by atoms with van der Waals surface area (Å²) in [5.41, 5.74) is 4.70. The molecule has 62 heavy (non-hydrogen) atoms. The first-order valence-corrected chi connectivity index (χ1v) is 29.1. The lowest BCUT2D eigenvalue weighted by Gasteiger charge is -2.47. The Morgan fingerprint density at radius 1 is 0.339 bits per heavy atom. The molecular weight excluding hydrogens is 863 g/mol. The second-order valence-corrected chi connectivity index (χ2v) is 28.9. The Labute approximate surface area is 377 Å². The van der Waals surface area contributed by atoms with Gasteiger partial charge in [-0.05, 0) is 107 Å². The van der Waals surface area contributed by atoms with Gasteiger partial charge in [-0.3, -0.25) is 0 Å². The molecule has 2 aliphatic heterocycles. The molecule has 2 atom stereocenters. The SMILES string of the molecule is Cc1cc2c3c(c1)P(=S)(c1ccccc1)c1cc(P(c4ccccc4)c4ccccc4)ccc1N3c1ccc(P(c3ccccc3)c3ccccc3)cc1P2(=S)c1ccccc1. The maximum Gasteiger partial charge on any atom is 0.0643 e. The second-order valence-electron chi connectivity index (χ2n) is 15.7. The van der Waals surface area contributed by atoms with Crippen LogP contribution >= 0.6 is 27.9 Å². The van der Waals surface area contributed by atoms with Gasteiger partial charge < -0.3 is 4.90 Å². The lowest BCUT2D eigenvalue weighted by molar-refractivity contribution is 1.31. The molecule has 0 spiro atoms. The average Bonchev–Trinajstić information content (AvgIpc) is 3.33. The molecule has 0 fully saturated rings. The van der Waals surface area contributed by atoms with Crippen LogP contribution in [0.25, 0.3) is 0 Å². The van der Waals surface area contributed by atoms with Gasteiger partial charge in [0.05, 0.1) is 17.1 Å². The molecule has 0 radical (unpaired) electrons. The highest BCUT2D eigenvalue weighted by molar-refractivity contribution is 8.27. The quantitative estimate of drug-likeness (QED) is 0.140. The Morgan fingerprint density at radius 2 is 0.645 bits per heavy atom. The van der Waals surface area contributed by atoms with Crippen LogP contribution in [0.1, 0.15) is 5.56 Å². The number of benzene rings is 9. The fraction of sp³-hybridized carbons (Fsp3) is 0.0182. The Bertz CT molecular complexity index is 2910. The van der Waals surface area contributed by atoms with Gasteiger partial charge in [-0.25, -0.2) is 0 Å². The molecule has 7 heteroatoms. The zero-order valence-electron chi connectivity index (χ0n) is 34.0. The van der Waals surface area contributed by atoms with Crippen molar-refractivity contribution in [2.75, 3.05) is 4.90 Å². The van der Waals surface area contributed by atoms with Gasteiger partial charge >= 0.3 is 0 Å². The van der Waals surface area contributed by atoms with Crippen LogP contribution in [-0.2, 0) is 23.6 Å². The molecule has 0 amide bonds. The molecule has 9 aromatic rings. The number of aryl methyl sites for hydroxylation is 1. The molecule has 298 valence electrons. The summed E-state index contributed by atoms with van der Waals surface area (Å²) in [7, 11) is -1.73. The Kier molecular flexibility index (Phi) is 10.4. The van der Waals surface area contributed by atoms with Crippen LogP contribution in [0.2, 0.25) is 0 Å². The molecular formula is C55H41NP4S2. The van der Waals surface area contributed by atoms with E-state index in [0.717, 1.165) is 11.4 Å². The van der Waals surface area contributed by atoms with E-state index in [4.69, 9.17) is 23.6 Å². The van der Waals surface area contributed by atoms with Gasteiger partial charge in [0.1, 0.15) is 0 Å². The number of anilines is 3. The first-order valence-electron chi connectivity index (χ1n) is 20.8. The maximum absolute atomic E-state index is 7.38. The summed E-state index contributed by atoms with van der Waals surface area (Å²) in [5, 5.41) is 15.2. The van der Waals surface area contributed by atoms with E-state index in [1.54, 1.807) is 0 Å². The van der Waals surface area contributed by atoms with E-state index >= 15 is 0 Å². The molecule has 0 bridgehead atoms. The third kappa shape index (κ3) is 6.49. The zero-order chi connectivity index (χ0) is 41.8. The minimum atomic E-state index is -2.65. The minimum absolute atomic E-state index is 0.866. The van der Waals surface area contributed by atoms with E-state index in [0.29, 0.717) is 0 Å². The third-order valence-corrected chi connectivity index (χ3v) is 26.6. The normalized spacial score (nSPS) is 17.3. The maximum atomic E-state index is 7.38. The highest BCUT2D eigenvalue weighted by Gasteiger charge is 2.47. The van der Waals surface area contributed by atoms with Crippen molar-refractivity contribution in [3.05, 3.63) is 236 Å². The summed E-state index contributed by atoms with van der Waals surface area (Å²) in [5.74, 6) is 0. The molecule has 0 N–H and O–H groups in total. The molecule has 2 aliphatic rings. The van der Waals surface area contributed by atoms with Gasteiger partial charge in [0.25, 0.3) is 0 Å². The molecule has 1 nitrogen and oxygen atoms in total. The monoisotopic (exact) mass is 903 g/mol. The van der Waals surface area contributed by atoms with Crippen LogP contribution in [0.15, 0.2) is 231 Å². The van der Waals surface area contributed by atoms with Crippen molar-refractivity contribution >= 4 is 132 Å². The predicted octanol–water partition coefficient (Wildman–Crippen LogP) is 9.12. The van der Waals surface area contributed by atoms with Gasteiger partial charge in [0.2, 0.25) is 0 Å². The van der Waals surface area contributed by atoms with Crippen molar-refractivity contribution in [2.24, 2.45) is 0 Å². The summed E-state index contributed by atoms with van der Waals surface area (Å²) in [6.07, 6.45) is 0. The van der Waals surface area contributed by atoms with E-state index in [9.17, 15) is 0 Å². The first-order chi connectivity index (χ1) is 30.4. The molecule has 0 saturated heterocycles. The van der Waals surface area contributed by atoms with Crippen LogP contribution in [0.4, 0.5) is 17.1 Å². The van der Waals surface area contributed by atoms with Crippen LogP contribution in [-0.4, -0.2) is 0 Å². The average molecular weight is 904 g/mol. The predicted molar refractivity (Wildman–Crippen MR) is 283 cm³/mol.